The summed E-state index contributed by atoms with van der Waals surface area (Å²) in [5.74, 6) is 0. The number of anilines is 1. The molecule has 114 valence electrons. The van der Waals surface area contributed by atoms with Gasteiger partial charge in [-0.3, -0.25) is 10.3 Å². The maximum absolute atomic E-state index is 12.7. The fourth-order valence-electron chi connectivity index (χ4n) is 1.88. The normalized spacial score (nSPS) is 12.7. The van der Waals surface area contributed by atoms with E-state index in [2.05, 4.69) is 15.6 Å². The van der Waals surface area contributed by atoms with E-state index in [0.29, 0.717) is 17.6 Å². The quantitative estimate of drug-likeness (QED) is 0.840. The van der Waals surface area contributed by atoms with Crippen LogP contribution < -0.4 is 10.6 Å². The maximum atomic E-state index is 12.7. The van der Waals surface area contributed by atoms with Crippen LogP contribution in [0.4, 0.5) is 18.9 Å². The second kappa shape index (κ2) is 5.52. The number of hydrogen-bond donors (Lipinski definition) is 2. The second-order valence-electron chi connectivity index (χ2n) is 5.87. The number of rotatable bonds is 3. The Morgan fingerprint density at radius 3 is 2.43 bits per heavy atom. The average molecular weight is 297 g/mol. The van der Waals surface area contributed by atoms with E-state index in [1.807, 2.05) is 20.8 Å². The molecule has 0 aliphatic heterocycles. The lowest BCUT2D eigenvalue weighted by atomic mass is 10.1. The number of aromatic nitrogens is 1. The van der Waals surface area contributed by atoms with Crippen LogP contribution in [-0.2, 0) is 6.18 Å². The molecule has 1 aromatic carbocycles. The van der Waals surface area contributed by atoms with Crippen LogP contribution in [0.2, 0.25) is 0 Å². The van der Waals surface area contributed by atoms with Crippen LogP contribution in [0.15, 0.2) is 30.5 Å². The molecule has 2 N–H and O–H groups in total. The summed E-state index contributed by atoms with van der Waals surface area (Å²) in [6.07, 6.45) is -2.85. The van der Waals surface area contributed by atoms with Gasteiger partial charge in [0.2, 0.25) is 0 Å². The molecule has 2 aromatic rings. The zero-order valence-electron chi connectivity index (χ0n) is 12.2. The molecule has 0 unspecified atom stereocenters. The Bertz CT molecular complexity index is 630. The Morgan fingerprint density at radius 1 is 1.10 bits per heavy atom. The lowest BCUT2D eigenvalue weighted by Gasteiger charge is -2.21. The number of nitrogens with zero attached hydrogens (tertiary/aromatic N) is 1. The van der Waals surface area contributed by atoms with E-state index in [-0.39, 0.29) is 5.54 Å². The predicted octanol–water partition coefficient (Wildman–Crippen LogP) is 4.01. The maximum Gasteiger partial charge on any atom is 0.416 e. The van der Waals surface area contributed by atoms with Crippen LogP contribution in [0.5, 0.6) is 0 Å². The predicted molar refractivity (Wildman–Crippen MR) is 78.1 cm³/mol. The summed E-state index contributed by atoms with van der Waals surface area (Å²) >= 11 is 0. The summed E-state index contributed by atoms with van der Waals surface area (Å²) in [5.41, 5.74) is 0.350. The van der Waals surface area contributed by atoms with Crippen LogP contribution in [0, 0.1) is 0 Å². The van der Waals surface area contributed by atoms with Crippen molar-refractivity contribution >= 4 is 16.6 Å². The van der Waals surface area contributed by atoms with Crippen molar-refractivity contribution in [2.24, 2.45) is 0 Å². The van der Waals surface area contributed by atoms with Crippen molar-refractivity contribution in [2.45, 2.75) is 32.5 Å². The topological polar surface area (TPSA) is 37.0 Å². The second-order valence-corrected chi connectivity index (χ2v) is 5.87. The van der Waals surface area contributed by atoms with Crippen molar-refractivity contribution in [3.05, 3.63) is 36.0 Å². The number of alkyl halides is 3. The Balaban J connectivity index is 2.26. The third-order valence-electron chi connectivity index (χ3n) is 2.97. The molecule has 0 fully saturated rings. The number of fused-ring (bicyclic) bond motifs is 1. The molecule has 0 spiro atoms. The molecule has 21 heavy (non-hydrogen) atoms. The third-order valence-corrected chi connectivity index (χ3v) is 2.97. The van der Waals surface area contributed by atoms with Gasteiger partial charge in [-0.25, -0.2) is 0 Å². The van der Waals surface area contributed by atoms with Crippen LogP contribution in [-0.4, -0.2) is 17.2 Å². The van der Waals surface area contributed by atoms with Gasteiger partial charge in [0.15, 0.2) is 0 Å². The van der Waals surface area contributed by atoms with Crippen LogP contribution in [0.1, 0.15) is 26.3 Å². The zero-order valence-corrected chi connectivity index (χ0v) is 12.2. The minimum absolute atomic E-state index is 0.0424. The summed E-state index contributed by atoms with van der Waals surface area (Å²) in [7, 11) is 0. The Kier molecular flexibility index (Phi) is 4.09. The largest absolute Gasteiger partial charge is 0.416 e. The van der Waals surface area contributed by atoms with Gasteiger partial charge in [0.05, 0.1) is 17.7 Å². The monoisotopic (exact) mass is 297 g/mol. The molecule has 1 aromatic heterocycles. The number of halogens is 3. The van der Waals surface area contributed by atoms with Gasteiger partial charge in [-0.15, -0.1) is 0 Å². The minimum atomic E-state index is -4.35. The van der Waals surface area contributed by atoms with E-state index in [1.54, 1.807) is 6.07 Å². The Labute approximate surface area is 121 Å². The molecular weight excluding hydrogens is 279 g/mol. The molecule has 0 atom stereocenters. The highest BCUT2D eigenvalue weighted by atomic mass is 19.4. The van der Waals surface area contributed by atoms with E-state index in [4.69, 9.17) is 0 Å². The summed E-state index contributed by atoms with van der Waals surface area (Å²) in [5, 5.41) is 7.10. The van der Waals surface area contributed by atoms with Crippen molar-refractivity contribution in [1.82, 2.24) is 10.3 Å². The molecule has 1 heterocycles. The highest BCUT2D eigenvalue weighted by Gasteiger charge is 2.30. The van der Waals surface area contributed by atoms with E-state index in [0.717, 1.165) is 17.8 Å². The Morgan fingerprint density at radius 2 is 1.81 bits per heavy atom. The van der Waals surface area contributed by atoms with E-state index in [9.17, 15) is 13.2 Å². The third kappa shape index (κ3) is 4.07. The summed E-state index contributed by atoms with van der Waals surface area (Å²) in [6, 6.07) is 5.34. The van der Waals surface area contributed by atoms with Gasteiger partial charge in [-0.2, -0.15) is 13.2 Å². The minimum Gasteiger partial charge on any atom is -0.372 e. The number of pyridine rings is 1. The molecule has 0 saturated heterocycles. The SMILES string of the molecule is CC(C)(C)NCNc1ccnc2cc(C(F)(F)F)ccc12. The van der Waals surface area contributed by atoms with Gasteiger partial charge >= 0.3 is 6.18 Å². The Hall–Kier alpha value is -1.82. The van der Waals surface area contributed by atoms with Gasteiger partial charge < -0.3 is 5.32 Å². The first-order valence-electron chi connectivity index (χ1n) is 6.62. The average Bonchev–Trinajstić information content (AvgIpc) is 2.36. The van der Waals surface area contributed by atoms with Gasteiger partial charge in [0, 0.05) is 22.8 Å². The summed E-state index contributed by atoms with van der Waals surface area (Å²) in [4.78, 5) is 4.01. The highest BCUT2D eigenvalue weighted by Crippen LogP contribution is 2.32. The molecule has 0 aliphatic rings. The lowest BCUT2D eigenvalue weighted by Crippen LogP contribution is -2.39. The fraction of sp³-hybridized carbons (Fsp3) is 0.400. The lowest BCUT2D eigenvalue weighted by molar-refractivity contribution is -0.137. The van der Waals surface area contributed by atoms with Crippen molar-refractivity contribution in [1.29, 1.82) is 0 Å². The van der Waals surface area contributed by atoms with Gasteiger partial charge in [0.25, 0.3) is 0 Å². The number of hydrogen-bond acceptors (Lipinski definition) is 3. The van der Waals surface area contributed by atoms with Crippen LogP contribution in [0.3, 0.4) is 0 Å². The summed E-state index contributed by atoms with van der Waals surface area (Å²) < 4.78 is 38.1. The molecule has 3 nitrogen and oxygen atoms in total. The van der Waals surface area contributed by atoms with E-state index >= 15 is 0 Å². The van der Waals surface area contributed by atoms with Crippen molar-refractivity contribution in [2.75, 3.05) is 12.0 Å². The zero-order chi connectivity index (χ0) is 15.7. The fourth-order valence-corrected chi connectivity index (χ4v) is 1.88. The van der Waals surface area contributed by atoms with Gasteiger partial charge in [-0.05, 0) is 39.0 Å². The molecule has 0 aliphatic carbocycles. The van der Waals surface area contributed by atoms with Crippen LogP contribution >= 0.6 is 0 Å². The smallest absolute Gasteiger partial charge is 0.372 e. The van der Waals surface area contributed by atoms with Crippen molar-refractivity contribution in [3.8, 4) is 0 Å². The molecule has 6 heteroatoms. The molecule has 2 rings (SSSR count). The molecular formula is C15H18F3N3. The molecule has 0 bridgehead atoms. The van der Waals surface area contributed by atoms with Crippen molar-refractivity contribution < 1.29 is 13.2 Å². The van der Waals surface area contributed by atoms with Crippen LogP contribution in [0.25, 0.3) is 10.9 Å². The van der Waals surface area contributed by atoms with Gasteiger partial charge in [-0.1, -0.05) is 6.07 Å². The van der Waals surface area contributed by atoms with E-state index < -0.39 is 11.7 Å². The first kappa shape index (κ1) is 15.6. The van der Waals surface area contributed by atoms with Crippen molar-refractivity contribution in [3.63, 3.8) is 0 Å². The van der Waals surface area contributed by atoms with E-state index in [1.165, 1.54) is 12.3 Å². The summed E-state index contributed by atoms with van der Waals surface area (Å²) in [6.45, 7) is 6.63. The first-order valence-corrected chi connectivity index (χ1v) is 6.62. The molecule has 0 radical (unpaired) electrons. The van der Waals surface area contributed by atoms with Gasteiger partial charge in [0.1, 0.15) is 0 Å². The molecule has 0 amide bonds. The number of benzene rings is 1. The molecule has 0 saturated carbocycles. The highest BCUT2D eigenvalue weighted by molar-refractivity contribution is 5.91. The first-order chi connectivity index (χ1) is 9.67. The number of nitrogens with one attached hydrogen (secondary N) is 2. The standard InChI is InChI=1S/C15H18F3N3/c1-14(2,3)21-9-20-12-6-7-19-13-8-10(15(16,17)18)4-5-11(12)13/h4-8,21H,9H2,1-3H3,(H,19,20).